The van der Waals surface area contributed by atoms with Crippen LogP contribution in [0.2, 0.25) is 0 Å². The van der Waals surface area contributed by atoms with Gasteiger partial charge in [0, 0.05) is 44.6 Å². The summed E-state index contributed by atoms with van der Waals surface area (Å²) in [7, 11) is 1.69. The van der Waals surface area contributed by atoms with Gasteiger partial charge in [-0.15, -0.1) is 24.0 Å². The molecule has 2 aromatic rings. The predicted molar refractivity (Wildman–Crippen MR) is 138 cm³/mol. The van der Waals surface area contributed by atoms with E-state index in [0.717, 1.165) is 17.5 Å². The van der Waals surface area contributed by atoms with Crippen LogP contribution in [-0.2, 0) is 16.4 Å². The quantitative estimate of drug-likeness (QED) is 0.194. The molecule has 0 radical (unpaired) electrons. The molecule has 8 nitrogen and oxygen atoms in total. The zero-order valence-corrected chi connectivity index (χ0v) is 22.2. The monoisotopic (exact) mass is 577 g/mol. The fourth-order valence-electron chi connectivity index (χ4n) is 2.98. The van der Waals surface area contributed by atoms with E-state index in [1.54, 1.807) is 46.4 Å². The molecule has 0 saturated heterocycles. The van der Waals surface area contributed by atoms with Gasteiger partial charge in [-0.05, 0) is 30.5 Å². The number of sulfone groups is 1. The number of hydrogen-bond acceptors (Lipinski definition) is 6. The van der Waals surface area contributed by atoms with Gasteiger partial charge in [-0.25, -0.2) is 8.42 Å². The minimum absolute atomic E-state index is 0. The second-order valence-electron chi connectivity index (χ2n) is 6.97. The van der Waals surface area contributed by atoms with Crippen molar-refractivity contribution in [2.45, 2.75) is 24.8 Å². The van der Waals surface area contributed by atoms with Crippen molar-refractivity contribution in [3.63, 3.8) is 0 Å². The van der Waals surface area contributed by atoms with Crippen LogP contribution in [0.4, 0.5) is 0 Å². The van der Waals surface area contributed by atoms with Crippen molar-refractivity contribution in [2.24, 2.45) is 4.99 Å². The number of halogens is 1. The number of ether oxygens (including phenoxy) is 3. The van der Waals surface area contributed by atoms with Crippen LogP contribution in [0.25, 0.3) is 0 Å². The van der Waals surface area contributed by atoms with E-state index in [4.69, 9.17) is 14.2 Å². The van der Waals surface area contributed by atoms with Crippen molar-refractivity contribution in [3.05, 3.63) is 47.5 Å². The van der Waals surface area contributed by atoms with Crippen LogP contribution in [0.3, 0.4) is 0 Å². The molecule has 0 aliphatic heterocycles. The number of benzene rings is 2. The first kappa shape index (κ1) is 27.8. The Balaban J connectivity index is 0.00000512. The first-order valence-electron chi connectivity index (χ1n) is 9.86. The molecule has 2 rings (SSSR count). The molecule has 0 spiro atoms. The molecule has 0 atom stereocenters. The maximum absolute atomic E-state index is 11.7. The number of nitrogens with zero attached hydrogens (tertiary/aromatic N) is 1. The number of aliphatic imine (C=N–C) groups is 1. The van der Waals surface area contributed by atoms with E-state index in [1.807, 2.05) is 18.2 Å². The van der Waals surface area contributed by atoms with Crippen LogP contribution in [0.1, 0.15) is 17.5 Å². The van der Waals surface area contributed by atoms with Crippen LogP contribution in [0.15, 0.2) is 46.3 Å². The second kappa shape index (κ2) is 13.4. The summed E-state index contributed by atoms with van der Waals surface area (Å²) >= 11 is 0. The van der Waals surface area contributed by atoms with E-state index in [1.165, 1.54) is 6.26 Å². The molecule has 178 valence electrons. The molecule has 2 N–H and O–H groups in total. The summed E-state index contributed by atoms with van der Waals surface area (Å²) in [6, 6.07) is 10.7. The number of guanidine groups is 1. The highest BCUT2D eigenvalue weighted by atomic mass is 127. The van der Waals surface area contributed by atoms with Crippen LogP contribution < -0.4 is 24.8 Å². The predicted octanol–water partition coefficient (Wildman–Crippen LogP) is 3.17. The van der Waals surface area contributed by atoms with Gasteiger partial charge in [0.05, 0.1) is 25.7 Å². The first-order chi connectivity index (χ1) is 14.8. The fraction of sp³-hybridized carbons (Fsp3) is 0.409. The second-order valence-corrected chi connectivity index (χ2v) is 8.96. The molecule has 0 aliphatic rings. The van der Waals surface area contributed by atoms with E-state index in [2.05, 4.69) is 15.6 Å². The van der Waals surface area contributed by atoms with Gasteiger partial charge in [-0.3, -0.25) is 4.99 Å². The third-order valence-corrected chi connectivity index (χ3v) is 5.79. The summed E-state index contributed by atoms with van der Waals surface area (Å²) in [5.74, 6) is 2.70. The minimum Gasteiger partial charge on any atom is -0.496 e. The zero-order valence-electron chi connectivity index (χ0n) is 19.1. The molecule has 32 heavy (non-hydrogen) atoms. The molecule has 0 aromatic heterocycles. The molecule has 0 amide bonds. The SMILES string of the molecule is CN=C(NCCCOc1cc(OC)cc(OC)c1)NCc1ccc(S(C)(=O)=O)c(C)c1.I. The van der Waals surface area contributed by atoms with Crippen molar-refractivity contribution in [1.29, 1.82) is 0 Å². The van der Waals surface area contributed by atoms with E-state index in [0.29, 0.717) is 47.8 Å². The Morgan fingerprint density at radius 1 is 1.00 bits per heavy atom. The molecule has 0 bridgehead atoms. The van der Waals surface area contributed by atoms with Crippen LogP contribution >= 0.6 is 24.0 Å². The summed E-state index contributed by atoms with van der Waals surface area (Å²) in [6.45, 7) is 3.52. The molecular weight excluding hydrogens is 545 g/mol. The summed E-state index contributed by atoms with van der Waals surface area (Å²) in [5.41, 5.74) is 1.71. The highest BCUT2D eigenvalue weighted by molar-refractivity contribution is 14.0. The van der Waals surface area contributed by atoms with Crippen LogP contribution in [0, 0.1) is 6.92 Å². The lowest BCUT2D eigenvalue weighted by atomic mass is 10.1. The lowest BCUT2D eigenvalue weighted by molar-refractivity contribution is 0.305. The lowest BCUT2D eigenvalue weighted by Gasteiger charge is -2.14. The fourth-order valence-corrected chi connectivity index (χ4v) is 3.94. The third kappa shape index (κ3) is 8.73. The average molecular weight is 577 g/mol. The number of hydrogen-bond donors (Lipinski definition) is 2. The smallest absolute Gasteiger partial charge is 0.191 e. The van der Waals surface area contributed by atoms with Crippen LogP contribution in [0.5, 0.6) is 17.2 Å². The third-order valence-electron chi connectivity index (χ3n) is 4.53. The number of methoxy groups -OCH3 is 2. The topological polar surface area (TPSA) is 98.2 Å². The van der Waals surface area contributed by atoms with Crippen molar-refractivity contribution in [1.82, 2.24) is 10.6 Å². The maximum Gasteiger partial charge on any atom is 0.191 e. The van der Waals surface area contributed by atoms with Crippen molar-refractivity contribution in [3.8, 4) is 17.2 Å². The average Bonchev–Trinajstić information content (AvgIpc) is 2.74. The molecular formula is C22H32IN3O5S. The summed E-state index contributed by atoms with van der Waals surface area (Å²) < 4.78 is 39.7. The van der Waals surface area contributed by atoms with Gasteiger partial charge < -0.3 is 24.8 Å². The van der Waals surface area contributed by atoms with Gasteiger partial charge in [0.2, 0.25) is 0 Å². The Hall–Kier alpha value is -2.21. The molecule has 0 aliphatic carbocycles. The Bertz CT molecular complexity index is 990. The van der Waals surface area contributed by atoms with Gasteiger partial charge in [0.1, 0.15) is 17.2 Å². The van der Waals surface area contributed by atoms with Gasteiger partial charge >= 0.3 is 0 Å². The lowest BCUT2D eigenvalue weighted by Crippen LogP contribution is -2.37. The molecule has 0 heterocycles. The Morgan fingerprint density at radius 2 is 1.62 bits per heavy atom. The Labute approximate surface area is 207 Å². The van der Waals surface area contributed by atoms with Gasteiger partial charge in [0.25, 0.3) is 0 Å². The molecule has 10 heteroatoms. The van der Waals surface area contributed by atoms with Gasteiger partial charge in [-0.1, -0.05) is 12.1 Å². The van der Waals surface area contributed by atoms with Gasteiger partial charge in [0.15, 0.2) is 15.8 Å². The van der Waals surface area contributed by atoms with Crippen molar-refractivity contribution >= 4 is 39.8 Å². The zero-order chi connectivity index (χ0) is 22.9. The van der Waals surface area contributed by atoms with E-state index in [-0.39, 0.29) is 24.0 Å². The number of nitrogens with one attached hydrogen (secondary N) is 2. The summed E-state index contributed by atoms with van der Waals surface area (Å²) in [5, 5.41) is 6.46. The molecule has 0 unspecified atom stereocenters. The van der Waals surface area contributed by atoms with Crippen molar-refractivity contribution < 1.29 is 22.6 Å². The number of rotatable bonds is 10. The Kier molecular flexibility index (Phi) is 11.6. The molecule has 2 aromatic carbocycles. The van der Waals surface area contributed by atoms with E-state index in [9.17, 15) is 8.42 Å². The minimum atomic E-state index is -3.21. The van der Waals surface area contributed by atoms with Gasteiger partial charge in [-0.2, -0.15) is 0 Å². The normalized spacial score (nSPS) is 11.3. The number of aryl methyl sites for hydroxylation is 1. The van der Waals surface area contributed by atoms with Crippen molar-refractivity contribution in [2.75, 3.05) is 40.7 Å². The first-order valence-corrected chi connectivity index (χ1v) is 11.8. The maximum atomic E-state index is 11.7. The molecule has 0 saturated carbocycles. The molecule has 0 fully saturated rings. The highest BCUT2D eigenvalue weighted by Crippen LogP contribution is 2.27. The standard InChI is InChI=1S/C22H31N3O5S.HI/c1-16-11-17(7-8-21(16)31(5,26)27)15-25-22(23-2)24-9-6-10-30-20-13-18(28-3)12-19(14-20)29-4;/h7-8,11-14H,6,9-10,15H2,1-5H3,(H2,23,24,25);1H. The van der Waals surface area contributed by atoms with E-state index >= 15 is 0 Å². The summed E-state index contributed by atoms with van der Waals surface area (Å²) in [4.78, 5) is 4.56. The van der Waals surface area contributed by atoms with Crippen LogP contribution in [-0.4, -0.2) is 55.1 Å². The van der Waals surface area contributed by atoms with E-state index < -0.39 is 9.84 Å². The highest BCUT2D eigenvalue weighted by Gasteiger charge is 2.11. The largest absolute Gasteiger partial charge is 0.496 e. The Morgan fingerprint density at radius 3 is 2.16 bits per heavy atom. The summed E-state index contributed by atoms with van der Waals surface area (Å²) in [6.07, 6.45) is 1.98.